The number of carbonyl (C=O) groups is 1. The Morgan fingerprint density at radius 2 is 1.75 bits per heavy atom. The van der Waals surface area contributed by atoms with E-state index in [4.69, 9.17) is 5.73 Å². The highest BCUT2D eigenvalue weighted by Gasteiger charge is 2.45. The Morgan fingerprint density at radius 3 is 2.54 bits per heavy atom. The van der Waals surface area contributed by atoms with Crippen molar-refractivity contribution in [2.45, 2.75) is 43.9 Å². The fourth-order valence-electron chi connectivity index (χ4n) is 4.47. The van der Waals surface area contributed by atoms with E-state index in [1.165, 1.54) is 31.2 Å². The first-order valence-electron chi connectivity index (χ1n) is 8.93. The number of fused-ring (bicyclic) bond motifs is 2. The van der Waals surface area contributed by atoms with E-state index in [0.717, 1.165) is 23.5 Å². The normalized spacial score (nSPS) is 18.1. The molecule has 1 amide bonds. The number of nitrogens with two attached hydrogens (primary N) is 1. The fraction of sp³-hybridized carbons (Fsp3) is 0.381. The first kappa shape index (κ1) is 15.3. The van der Waals surface area contributed by atoms with Gasteiger partial charge in [0.25, 0.3) is 0 Å². The molecule has 2 aliphatic rings. The monoisotopic (exact) mass is 320 g/mol. The molecule has 24 heavy (non-hydrogen) atoms. The third-order valence-corrected chi connectivity index (χ3v) is 5.75. The molecule has 0 unspecified atom stereocenters. The van der Waals surface area contributed by atoms with Gasteiger partial charge in [-0.05, 0) is 42.5 Å². The fourth-order valence-corrected chi connectivity index (χ4v) is 4.47. The number of nitrogen functional groups attached to an aromatic ring is 1. The number of anilines is 2. The molecule has 3 nitrogen and oxygen atoms in total. The lowest BCUT2D eigenvalue weighted by atomic mass is 9.81. The zero-order valence-corrected chi connectivity index (χ0v) is 14.0. The van der Waals surface area contributed by atoms with Crippen molar-refractivity contribution in [3.05, 3.63) is 59.7 Å². The molecule has 1 spiro atoms. The summed E-state index contributed by atoms with van der Waals surface area (Å²) in [7, 11) is 0. The topological polar surface area (TPSA) is 46.3 Å². The number of hydrogen-bond donors (Lipinski definition) is 1. The Balaban J connectivity index is 1.54. The van der Waals surface area contributed by atoms with Crippen molar-refractivity contribution >= 4 is 17.3 Å². The summed E-state index contributed by atoms with van der Waals surface area (Å²) in [5, 5.41) is 0. The second-order valence-electron chi connectivity index (χ2n) is 7.18. The van der Waals surface area contributed by atoms with Crippen LogP contribution in [0, 0.1) is 0 Å². The number of aryl methyl sites for hydroxylation is 1. The number of hydrogen-bond acceptors (Lipinski definition) is 2. The Labute approximate surface area is 143 Å². The van der Waals surface area contributed by atoms with E-state index in [2.05, 4.69) is 18.2 Å². The van der Waals surface area contributed by atoms with Gasteiger partial charge in [0.1, 0.15) is 0 Å². The number of carbonyl (C=O) groups excluding carboxylic acids is 1. The molecular formula is C21H24N2O. The van der Waals surface area contributed by atoms with E-state index in [-0.39, 0.29) is 11.3 Å². The highest BCUT2D eigenvalue weighted by Crippen LogP contribution is 2.50. The minimum atomic E-state index is 0.206. The van der Waals surface area contributed by atoms with Crippen LogP contribution in [0.4, 0.5) is 11.4 Å². The molecule has 1 aliphatic heterocycles. The predicted octanol–water partition coefficient (Wildman–Crippen LogP) is 4.06. The van der Waals surface area contributed by atoms with Crippen LogP contribution in [0.15, 0.2) is 48.5 Å². The Kier molecular flexibility index (Phi) is 3.79. The van der Waals surface area contributed by atoms with Gasteiger partial charge in [-0.25, -0.2) is 0 Å². The lowest BCUT2D eigenvalue weighted by Gasteiger charge is -2.24. The first-order valence-corrected chi connectivity index (χ1v) is 8.93. The molecular weight excluding hydrogens is 296 g/mol. The summed E-state index contributed by atoms with van der Waals surface area (Å²) in [4.78, 5) is 14.9. The molecule has 124 valence electrons. The van der Waals surface area contributed by atoms with Gasteiger partial charge in [0.15, 0.2) is 0 Å². The van der Waals surface area contributed by atoms with Gasteiger partial charge < -0.3 is 10.6 Å². The molecule has 2 N–H and O–H groups in total. The Hall–Kier alpha value is -2.29. The molecule has 0 saturated heterocycles. The molecule has 0 radical (unpaired) electrons. The predicted molar refractivity (Wildman–Crippen MR) is 98.1 cm³/mol. The molecule has 0 aromatic heterocycles. The van der Waals surface area contributed by atoms with E-state index in [1.54, 1.807) is 0 Å². The van der Waals surface area contributed by atoms with Crippen LogP contribution in [-0.2, 0) is 16.6 Å². The summed E-state index contributed by atoms with van der Waals surface area (Å²) < 4.78 is 0. The van der Waals surface area contributed by atoms with Crippen LogP contribution < -0.4 is 10.6 Å². The van der Waals surface area contributed by atoms with Crippen LogP contribution in [0.25, 0.3) is 0 Å². The maximum Gasteiger partial charge on any atom is 0.227 e. The molecule has 3 heteroatoms. The van der Waals surface area contributed by atoms with Gasteiger partial charge in [0.05, 0.1) is 0 Å². The molecule has 4 rings (SSSR count). The second kappa shape index (κ2) is 5.97. The third-order valence-electron chi connectivity index (χ3n) is 5.75. The van der Waals surface area contributed by atoms with Crippen molar-refractivity contribution in [3.8, 4) is 0 Å². The van der Waals surface area contributed by atoms with Crippen molar-refractivity contribution in [3.63, 3.8) is 0 Å². The van der Waals surface area contributed by atoms with Crippen molar-refractivity contribution in [1.29, 1.82) is 0 Å². The summed E-state index contributed by atoms with van der Waals surface area (Å²) in [5.74, 6) is 0.217. The van der Waals surface area contributed by atoms with E-state index in [9.17, 15) is 4.79 Å². The number of amides is 1. The van der Waals surface area contributed by atoms with Crippen LogP contribution in [0.2, 0.25) is 0 Å². The SMILES string of the molecule is Nc1ccccc1CCC(=O)N1CC2(CCCC2)c2ccccc21. The molecule has 0 atom stereocenters. The van der Waals surface area contributed by atoms with Crippen molar-refractivity contribution in [2.75, 3.05) is 17.2 Å². The van der Waals surface area contributed by atoms with Gasteiger partial charge in [-0.2, -0.15) is 0 Å². The molecule has 0 bridgehead atoms. The number of nitrogens with zero attached hydrogens (tertiary/aromatic N) is 1. The van der Waals surface area contributed by atoms with Crippen molar-refractivity contribution in [1.82, 2.24) is 0 Å². The maximum absolute atomic E-state index is 12.9. The van der Waals surface area contributed by atoms with Crippen molar-refractivity contribution < 1.29 is 4.79 Å². The summed E-state index contributed by atoms with van der Waals surface area (Å²) in [5.41, 5.74) is 10.6. The van der Waals surface area contributed by atoms with Gasteiger partial charge in [-0.1, -0.05) is 49.2 Å². The number of para-hydroxylation sites is 2. The summed E-state index contributed by atoms with van der Waals surface area (Å²) in [6, 6.07) is 16.3. The molecule has 2 aromatic carbocycles. The molecule has 1 heterocycles. The van der Waals surface area contributed by atoms with Gasteiger partial charge in [-0.3, -0.25) is 4.79 Å². The van der Waals surface area contributed by atoms with E-state index >= 15 is 0 Å². The van der Waals surface area contributed by atoms with Crippen LogP contribution >= 0.6 is 0 Å². The lowest BCUT2D eigenvalue weighted by Crippen LogP contribution is -2.35. The van der Waals surface area contributed by atoms with Crippen LogP contribution in [0.1, 0.15) is 43.2 Å². The van der Waals surface area contributed by atoms with E-state index < -0.39 is 0 Å². The average molecular weight is 320 g/mol. The Morgan fingerprint density at radius 1 is 1.04 bits per heavy atom. The molecule has 1 saturated carbocycles. The van der Waals surface area contributed by atoms with Crippen LogP contribution in [0.3, 0.4) is 0 Å². The van der Waals surface area contributed by atoms with Crippen LogP contribution in [-0.4, -0.2) is 12.5 Å². The lowest BCUT2D eigenvalue weighted by molar-refractivity contribution is -0.118. The van der Waals surface area contributed by atoms with E-state index in [0.29, 0.717) is 12.8 Å². The third kappa shape index (κ3) is 2.48. The zero-order chi connectivity index (χ0) is 16.6. The smallest absolute Gasteiger partial charge is 0.227 e. The summed E-state index contributed by atoms with van der Waals surface area (Å²) >= 11 is 0. The number of benzene rings is 2. The summed E-state index contributed by atoms with van der Waals surface area (Å²) in [6.45, 7) is 0.857. The summed E-state index contributed by atoms with van der Waals surface area (Å²) in [6.07, 6.45) is 6.18. The number of rotatable bonds is 3. The second-order valence-corrected chi connectivity index (χ2v) is 7.18. The quantitative estimate of drug-likeness (QED) is 0.867. The van der Waals surface area contributed by atoms with Crippen LogP contribution in [0.5, 0.6) is 0 Å². The maximum atomic E-state index is 12.9. The minimum Gasteiger partial charge on any atom is -0.399 e. The molecule has 1 fully saturated rings. The largest absolute Gasteiger partial charge is 0.399 e. The van der Waals surface area contributed by atoms with E-state index in [1.807, 2.05) is 35.2 Å². The highest BCUT2D eigenvalue weighted by molar-refractivity contribution is 5.96. The molecule has 2 aromatic rings. The van der Waals surface area contributed by atoms with Gasteiger partial charge >= 0.3 is 0 Å². The van der Waals surface area contributed by atoms with Gasteiger partial charge in [0.2, 0.25) is 5.91 Å². The van der Waals surface area contributed by atoms with Gasteiger partial charge in [0, 0.05) is 29.8 Å². The first-order chi connectivity index (χ1) is 11.7. The van der Waals surface area contributed by atoms with Crippen molar-refractivity contribution in [2.24, 2.45) is 0 Å². The Bertz CT molecular complexity index is 762. The standard InChI is InChI=1S/C21H24N2O/c22-18-9-3-1-7-16(18)11-12-20(24)23-15-21(13-5-6-14-21)17-8-2-4-10-19(17)23/h1-4,7-10H,5-6,11-15,22H2. The highest BCUT2D eigenvalue weighted by atomic mass is 16.2. The average Bonchev–Trinajstić information content (AvgIpc) is 3.21. The molecule has 1 aliphatic carbocycles. The zero-order valence-electron chi connectivity index (χ0n) is 14.0. The van der Waals surface area contributed by atoms with Gasteiger partial charge in [-0.15, -0.1) is 0 Å². The minimum absolute atomic E-state index is 0.206.